The zero-order valence-corrected chi connectivity index (χ0v) is 13.2. The van der Waals surface area contributed by atoms with Crippen LogP contribution in [0, 0.1) is 0 Å². The molecule has 0 unspecified atom stereocenters. The van der Waals surface area contributed by atoms with Crippen molar-refractivity contribution in [3.05, 3.63) is 33.9 Å². The Morgan fingerprint density at radius 2 is 1.90 bits per heavy atom. The molecule has 0 fully saturated rings. The van der Waals surface area contributed by atoms with Crippen molar-refractivity contribution in [2.45, 2.75) is 0 Å². The molecule has 0 bridgehead atoms. The van der Waals surface area contributed by atoms with Gasteiger partial charge in [-0.2, -0.15) is 0 Å². The summed E-state index contributed by atoms with van der Waals surface area (Å²) in [5, 5.41) is 3.61. The summed E-state index contributed by atoms with van der Waals surface area (Å²) in [6, 6.07) is 5.17. The number of benzene rings is 1. The van der Waals surface area contributed by atoms with Gasteiger partial charge in [-0.25, -0.2) is 4.98 Å². The molecule has 0 saturated heterocycles. The minimum Gasteiger partial charge on any atom is -0.495 e. The summed E-state index contributed by atoms with van der Waals surface area (Å²) in [5.41, 5.74) is 6.90. The zero-order valence-electron chi connectivity index (χ0n) is 10.9. The molecule has 0 aliphatic rings. The number of ether oxygens (including phenoxy) is 2. The summed E-state index contributed by atoms with van der Waals surface area (Å²) in [4.78, 5) is 4.21. The number of aromatic nitrogens is 1. The molecule has 7 heteroatoms. The standard InChI is InChI=1S/C13H13BrClN3O2/c1-19-11-5-12(20-2)10(4-9(11)15)18-13-8(14)3-7(16)6-17-13/h3-6H,16H2,1-2H3,(H,17,18). The molecular weight excluding hydrogens is 346 g/mol. The Labute approximate surface area is 130 Å². The topological polar surface area (TPSA) is 69.4 Å². The van der Waals surface area contributed by atoms with E-state index in [1.54, 1.807) is 38.6 Å². The fraction of sp³-hybridized carbons (Fsp3) is 0.154. The quantitative estimate of drug-likeness (QED) is 0.869. The number of hydrogen-bond acceptors (Lipinski definition) is 5. The van der Waals surface area contributed by atoms with Gasteiger partial charge in [0.25, 0.3) is 0 Å². The minimum absolute atomic E-state index is 0.474. The van der Waals surface area contributed by atoms with Gasteiger partial charge in [-0.1, -0.05) is 11.6 Å². The van der Waals surface area contributed by atoms with E-state index in [1.807, 2.05) is 0 Å². The van der Waals surface area contributed by atoms with Gasteiger partial charge in [0.05, 0.1) is 41.3 Å². The number of nitrogens with zero attached hydrogens (tertiary/aromatic N) is 1. The predicted octanol–water partition coefficient (Wildman–Crippen LogP) is 3.84. The average molecular weight is 359 g/mol. The number of anilines is 3. The highest BCUT2D eigenvalue weighted by molar-refractivity contribution is 9.10. The summed E-state index contributed by atoms with van der Waals surface area (Å²) in [5.74, 6) is 1.74. The van der Waals surface area contributed by atoms with Crippen LogP contribution >= 0.6 is 27.5 Å². The lowest BCUT2D eigenvalue weighted by molar-refractivity contribution is 0.396. The van der Waals surface area contributed by atoms with Crippen molar-refractivity contribution in [3.63, 3.8) is 0 Å². The molecule has 1 heterocycles. The molecule has 0 aliphatic heterocycles. The molecule has 2 rings (SSSR count). The average Bonchev–Trinajstić information content (AvgIpc) is 2.42. The summed E-state index contributed by atoms with van der Waals surface area (Å²) >= 11 is 9.51. The van der Waals surface area contributed by atoms with E-state index in [1.165, 1.54) is 0 Å². The summed E-state index contributed by atoms with van der Waals surface area (Å²) < 4.78 is 11.2. The molecule has 0 amide bonds. The van der Waals surface area contributed by atoms with Gasteiger partial charge in [0, 0.05) is 6.07 Å². The van der Waals surface area contributed by atoms with E-state index in [0.717, 1.165) is 4.47 Å². The van der Waals surface area contributed by atoms with Crippen molar-refractivity contribution in [3.8, 4) is 11.5 Å². The highest BCUT2D eigenvalue weighted by Crippen LogP contribution is 2.38. The van der Waals surface area contributed by atoms with Gasteiger partial charge in [0.2, 0.25) is 0 Å². The van der Waals surface area contributed by atoms with Crippen LogP contribution in [-0.2, 0) is 0 Å². The molecule has 5 nitrogen and oxygen atoms in total. The minimum atomic E-state index is 0.474. The molecule has 0 atom stereocenters. The van der Waals surface area contributed by atoms with E-state index in [4.69, 9.17) is 26.8 Å². The summed E-state index contributed by atoms with van der Waals surface area (Å²) in [6.45, 7) is 0. The Balaban J connectivity index is 2.40. The van der Waals surface area contributed by atoms with Crippen LogP contribution in [0.15, 0.2) is 28.9 Å². The number of hydrogen-bond donors (Lipinski definition) is 2. The van der Waals surface area contributed by atoms with E-state index in [0.29, 0.717) is 33.7 Å². The van der Waals surface area contributed by atoms with Gasteiger partial charge < -0.3 is 20.5 Å². The van der Waals surface area contributed by atoms with Gasteiger partial charge in [0.15, 0.2) is 0 Å². The van der Waals surface area contributed by atoms with E-state index < -0.39 is 0 Å². The van der Waals surface area contributed by atoms with Gasteiger partial charge in [-0.05, 0) is 28.1 Å². The number of pyridine rings is 1. The van der Waals surface area contributed by atoms with Gasteiger partial charge in [-0.3, -0.25) is 0 Å². The van der Waals surface area contributed by atoms with Crippen molar-refractivity contribution in [2.24, 2.45) is 0 Å². The molecule has 20 heavy (non-hydrogen) atoms. The number of rotatable bonds is 4. The van der Waals surface area contributed by atoms with Crippen molar-refractivity contribution in [1.82, 2.24) is 4.98 Å². The SMILES string of the molecule is COc1cc(OC)c(Nc2ncc(N)cc2Br)cc1Cl. The number of nitrogens with two attached hydrogens (primary N) is 1. The van der Waals surface area contributed by atoms with Crippen LogP contribution in [0.5, 0.6) is 11.5 Å². The van der Waals surface area contributed by atoms with Gasteiger partial charge in [0.1, 0.15) is 17.3 Å². The first-order valence-corrected chi connectivity index (χ1v) is 6.81. The second-order valence-corrected chi connectivity index (χ2v) is 5.17. The maximum Gasteiger partial charge on any atom is 0.146 e. The Morgan fingerprint density at radius 3 is 2.50 bits per heavy atom. The van der Waals surface area contributed by atoms with Gasteiger partial charge >= 0.3 is 0 Å². The molecule has 3 N–H and O–H groups in total. The van der Waals surface area contributed by atoms with Crippen LogP contribution in [0.3, 0.4) is 0 Å². The lowest BCUT2D eigenvalue weighted by Gasteiger charge is -2.14. The molecule has 1 aromatic heterocycles. The Bertz CT molecular complexity index is 637. The predicted molar refractivity (Wildman–Crippen MR) is 84.2 cm³/mol. The number of halogens is 2. The van der Waals surface area contributed by atoms with Crippen LogP contribution < -0.4 is 20.5 Å². The maximum absolute atomic E-state index is 6.12. The first kappa shape index (κ1) is 14.7. The van der Waals surface area contributed by atoms with Gasteiger partial charge in [-0.15, -0.1) is 0 Å². The zero-order chi connectivity index (χ0) is 14.7. The fourth-order valence-corrected chi connectivity index (χ4v) is 2.34. The molecule has 2 aromatic rings. The third-order valence-electron chi connectivity index (χ3n) is 2.59. The highest BCUT2D eigenvalue weighted by atomic mass is 79.9. The van der Waals surface area contributed by atoms with Crippen LogP contribution in [0.2, 0.25) is 5.02 Å². The molecule has 0 saturated carbocycles. The fourth-order valence-electron chi connectivity index (χ4n) is 1.63. The van der Waals surface area contributed by atoms with Crippen LogP contribution in [-0.4, -0.2) is 19.2 Å². The van der Waals surface area contributed by atoms with Crippen LogP contribution in [0.4, 0.5) is 17.2 Å². The molecule has 1 aromatic carbocycles. The Morgan fingerprint density at radius 1 is 1.20 bits per heavy atom. The Hall–Kier alpha value is -1.66. The van der Waals surface area contributed by atoms with E-state index >= 15 is 0 Å². The number of nitrogens with one attached hydrogen (secondary N) is 1. The molecular formula is C13H13BrClN3O2. The largest absolute Gasteiger partial charge is 0.495 e. The third-order valence-corrected chi connectivity index (χ3v) is 3.49. The smallest absolute Gasteiger partial charge is 0.146 e. The van der Waals surface area contributed by atoms with Crippen molar-refractivity contribution in [2.75, 3.05) is 25.3 Å². The second-order valence-electron chi connectivity index (χ2n) is 3.91. The second kappa shape index (κ2) is 6.19. The molecule has 0 aliphatic carbocycles. The monoisotopic (exact) mass is 357 g/mol. The van der Waals surface area contributed by atoms with E-state index in [2.05, 4.69) is 26.2 Å². The van der Waals surface area contributed by atoms with Crippen molar-refractivity contribution < 1.29 is 9.47 Å². The van der Waals surface area contributed by atoms with Crippen molar-refractivity contribution >= 4 is 44.7 Å². The first-order chi connectivity index (χ1) is 9.55. The number of methoxy groups -OCH3 is 2. The molecule has 0 radical (unpaired) electrons. The maximum atomic E-state index is 6.12. The summed E-state index contributed by atoms with van der Waals surface area (Å²) in [7, 11) is 3.12. The van der Waals surface area contributed by atoms with Crippen LogP contribution in [0.1, 0.15) is 0 Å². The lowest BCUT2D eigenvalue weighted by atomic mass is 10.2. The summed E-state index contributed by atoms with van der Waals surface area (Å²) in [6.07, 6.45) is 1.56. The normalized spacial score (nSPS) is 10.2. The highest BCUT2D eigenvalue weighted by Gasteiger charge is 2.12. The van der Waals surface area contributed by atoms with E-state index in [9.17, 15) is 0 Å². The number of nitrogen functional groups attached to an aromatic ring is 1. The molecule has 0 spiro atoms. The Kier molecular flexibility index (Phi) is 4.57. The third kappa shape index (κ3) is 3.08. The lowest BCUT2D eigenvalue weighted by Crippen LogP contribution is -1.99. The van der Waals surface area contributed by atoms with E-state index in [-0.39, 0.29) is 0 Å². The van der Waals surface area contributed by atoms with Crippen molar-refractivity contribution in [1.29, 1.82) is 0 Å². The first-order valence-electron chi connectivity index (χ1n) is 5.64. The molecule has 106 valence electrons. The van der Waals surface area contributed by atoms with Crippen LogP contribution in [0.25, 0.3) is 0 Å².